The highest BCUT2D eigenvalue weighted by atomic mass is 35.5. The number of aryl methyl sites for hydroxylation is 2. The molecular weight excluding hydrogens is 300 g/mol. The van der Waals surface area contributed by atoms with E-state index in [4.69, 9.17) is 11.6 Å². The molecule has 22 heavy (non-hydrogen) atoms. The van der Waals surface area contributed by atoms with Gasteiger partial charge in [-0.3, -0.25) is 9.59 Å². The van der Waals surface area contributed by atoms with Crippen LogP contribution >= 0.6 is 11.6 Å². The summed E-state index contributed by atoms with van der Waals surface area (Å²) >= 11 is 5.90. The molecule has 1 aliphatic heterocycles. The van der Waals surface area contributed by atoms with E-state index in [1.54, 1.807) is 24.3 Å². The van der Waals surface area contributed by atoms with E-state index >= 15 is 0 Å². The lowest BCUT2D eigenvalue weighted by atomic mass is 10.0. The summed E-state index contributed by atoms with van der Waals surface area (Å²) in [5, 5.41) is 6.28. The average Bonchev–Trinajstić information content (AvgIpc) is 2.46. The molecule has 0 bridgehead atoms. The molecule has 1 heterocycles. The summed E-state index contributed by atoms with van der Waals surface area (Å²) in [6.07, 6.45) is 1.23. The molecule has 0 fully saturated rings. The van der Waals surface area contributed by atoms with Crippen LogP contribution in [-0.2, 0) is 11.2 Å². The molecule has 0 saturated heterocycles. The van der Waals surface area contributed by atoms with Crippen LogP contribution in [0.2, 0.25) is 5.02 Å². The van der Waals surface area contributed by atoms with E-state index in [0.717, 1.165) is 23.2 Å². The zero-order chi connectivity index (χ0) is 15.7. The highest BCUT2D eigenvalue weighted by molar-refractivity contribution is 6.30. The Hall–Kier alpha value is -2.33. The number of hydrogen-bond acceptors (Lipinski definition) is 2. The number of rotatable bonds is 2. The Morgan fingerprint density at radius 1 is 1.18 bits per heavy atom. The number of amides is 2. The van der Waals surface area contributed by atoms with E-state index in [-0.39, 0.29) is 11.8 Å². The molecule has 0 spiro atoms. The van der Waals surface area contributed by atoms with Crippen LogP contribution in [0.15, 0.2) is 36.4 Å². The highest BCUT2D eigenvalue weighted by Crippen LogP contribution is 2.26. The summed E-state index contributed by atoms with van der Waals surface area (Å²) in [4.78, 5) is 23.8. The zero-order valence-corrected chi connectivity index (χ0v) is 12.8. The van der Waals surface area contributed by atoms with Gasteiger partial charge < -0.3 is 10.6 Å². The van der Waals surface area contributed by atoms with Crippen molar-refractivity contribution in [2.24, 2.45) is 0 Å². The Bertz CT molecular complexity index is 771. The Labute approximate surface area is 133 Å². The van der Waals surface area contributed by atoms with Crippen molar-refractivity contribution >= 4 is 34.8 Å². The first-order valence-electron chi connectivity index (χ1n) is 7.03. The van der Waals surface area contributed by atoms with Crippen LogP contribution < -0.4 is 10.6 Å². The number of halogens is 1. The lowest BCUT2D eigenvalue weighted by molar-refractivity contribution is -0.116. The Morgan fingerprint density at radius 3 is 2.77 bits per heavy atom. The molecule has 0 aliphatic carbocycles. The topological polar surface area (TPSA) is 58.2 Å². The Balaban J connectivity index is 1.82. The van der Waals surface area contributed by atoms with Crippen molar-refractivity contribution in [1.29, 1.82) is 0 Å². The summed E-state index contributed by atoms with van der Waals surface area (Å²) in [6, 6.07) is 10.7. The molecule has 0 unspecified atom stereocenters. The van der Waals surface area contributed by atoms with Gasteiger partial charge in [0, 0.05) is 28.4 Å². The molecule has 2 aromatic carbocycles. The number of carbonyl (C=O) groups excluding carboxylic acids is 2. The minimum absolute atomic E-state index is 0.00419. The van der Waals surface area contributed by atoms with Crippen molar-refractivity contribution in [3.63, 3.8) is 0 Å². The molecule has 0 radical (unpaired) electrons. The van der Waals surface area contributed by atoms with E-state index in [0.29, 0.717) is 22.7 Å². The van der Waals surface area contributed by atoms with Gasteiger partial charge in [-0.05, 0) is 54.8 Å². The fourth-order valence-corrected chi connectivity index (χ4v) is 2.76. The van der Waals surface area contributed by atoms with Crippen molar-refractivity contribution in [3.8, 4) is 0 Å². The Kier molecular flexibility index (Phi) is 3.86. The van der Waals surface area contributed by atoms with E-state index < -0.39 is 0 Å². The lowest BCUT2D eigenvalue weighted by Crippen LogP contribution is -2.19. The van der Waals surface area contributed by atoms with Gasteiger partial charge in [-0.15, -0.1) is 0 Å². The van der Waals surface area contributed by atoms with Gasteiger partial charge >= 0.3 is 0 Å². The van der Waals surface area contributed by atoms with Gasteiger partial charge in [0.1, 0.15) is 0 Å². The number of carbonyl (C=O) groups is 2. The van der Waals surface area contributed by atoms with Crippen LogP contribution in [0.3, 0.4) is 0 Å². The molecule has 5 heteroatoms. The van der Waals surface area contributed by atoms with Gasteiger partial charge in [0.15, 0.2) is 0 Å². The number of benzene rings is 2. The zero-order valence-electron chi connectivity index (χ0n) is 12.1. The minimum atomic E-state index is -0.198. The second kappa shape index (κ2) is 5.81. The van der Waals surface area contributed by atoms with Gasteiger partial charge in [0.25, 0.3) is 5.91 Å². The SMILES string of the molecule is Cc1cc(Cl)ccc1C(=O)Nc1ccc2c(c1)NC(=O)CC2. The van der Waals surface area contributed by atoms with Crippen LogP contribution in [0.25, 0.3) is 0 Å². The quantitative estimate of drug-likeness (QED) is 0.886. The van der Waals surface area contributed by atoms with Crippen LogP contribution in [0.1, 0.15) is 27.9 Å². The molecule has 2 aromatic rings. The number of hydrogen-bond donors (Lipinski definition) is 2. The average molecular weight is 315 g/mol. The minimum Gasteiger partial charge on any atom is -0.326 e. The summed E-state index contributed by atoms with van der Waals surface area (Å²) in [6.45, 7) is 1.84. The molecule has 2 N–H and O–H groups in total. The number of fused-ring (bicyclic) bond motifs is 1. The maximum atomic E-state index is 12.3. The first-order chi connectivity index (χ1) is 10.5. The molecule has 1 aliphatic rings. The maximum absolute atomic E-state index is 12.3. The fourth-order valence-electron chi connectivity index (χ4n) is 2.53. The largest absolute Gasteiger partial charge is 0.326 e. The molecule has 0 saturated carbocycles. The van der Waals surface area contributed by atoms with E-state index in [2.05, 4.69) is 10.6 Å². The predicted molar refractivity (Wildman–Crippen MR) is 87.5 cm³/mol. The van der Waals surface area contributed by atoms with Crippen LogP contribution in [0.4, 0.5) is 11.4 Å². The lowest BCUT2D eigenvalue weighted by Gasteiger charge is -2.18. The molecule has 0 atom stereocenters. The second-order valence-electron chi connectivity index (χ2n) is 5.33. The molecule has 3 rings (SSSR count). The first kappa shape index (κ1) is 14.6. The monoisotopic (exact) mass is 314 g/mol. The normalized spacial score (nSPS) is 13.3. The highest BCUT2D eigenvalue weighted by Gasteiger charge is 2.16. The second-order valence-corrected chi connectivity index (χ2v) is 5.77. The summed E-state index contributed by atoms with van der Waals surface area (Å²) in [5.41, 5.74) is 3.89. The van der Waals surface area contributed by atoms with Crippen LogP contribution in [0.5, 0.6) is 0 Å². The molecule has 0 aromatic heterocycles. The smallest absolute Gasteiger partial charge is 0.255 e. The molecule has 4 nitrogen and oxygen atoms in total. The number of anilines is 2. The van der Waals surface area contributed by atoms with Gasteiger partial charge in [-0.25, -0.2) is 0 Å². The fraction of sp³-hybridized carbons (Fsp3) is 0.176. The maximum Gasteiger partial charge on any atom is 0.255 e. The molecule has 2 amide bonds. The third-order valence-electron chi connectivity index (χ3n) is 3.70. The third kappa shape index (κ3) is 2.97. The molecule has 112 valence electrons. The number of nitrogens with one attached hydrogen (secondary N) is 2. The third-order valence-corrected chi connectivity index (χ3v) is 3.93. The van der Waals surface area contributed by atoms with Gasteiger partial charge in [-0.2, -0.15) is 0 Å². The van der Waals surface area contributed by atoms with Crippen LogP contribution in [-0.4, -0.2) is 11.8 Å². The van der Waals surface area contributed by atoms with Crippen molar-refractivity contribution < 1.29 is 9.59 Å². The van der Waals surface area contributed by atoms with Crippen LogP contribution in [0, 0.1) is 6.92 Å². The van der Waals surface area contributed by atoms with E-state index in [9.17, 15) is 9.59 Å². The summed E-state index contributed by atoms with van der Waals surface area (Å²) < 4.78 is 0. The summed E-state index contributed by atoms with van der Waals surface area (Å²) in [7, 11) is 0. The van der Waals surface area contributed by atoms with Crippen molar-refractivity contribution in [2.45, 2.75) is 19.8 Å². The predicted octanol–water partition coefficient (Wildman–Crippen LogP) is 3.79. The standard InChI is InChI=1S/C17H15ClN2O2/c1-10-8-12(18)4-6-14(10)17(22)19-13-5-2-11-3-7-16(21)20-15(11)9-13/h2,4-6,8-9H,3,7H2,1H3,(H,19,22)(H,20,21). The van der Waals surface area contributed by atoms with E-state index in [1.165, 1.54) is 0 Å². The van der Waals surface area contributed by atoms with Gasteiger partial charge in [0.2, 0.25) is 5.91 Å². The van der Waals surface area contributed by atoms with Crippen molar-refractivity contribution in [2.75, 3.05) is 10.6 Å². The van der Waals surface area contributed by atoms with Gasteiger partial charge in [0.05, 0.1) is 0 Å². The van der Waals surface area contributed by atoms with E-state index in [1.807, 2.05) is 19.1 Å². The molecular formula is C17H15ClN2O2. The van der Waals surface area contributed by atoms with Gasteiger partial charge in [-0.1, -0.05) is 17.7 Å². The Morgan fingerprint density at radius 2 is 2.00 bits per heavy atom. The van der Waals surface area contributed by atoms with Crippen molar-refractivity contribution in [3.05, 3.63) is 58.1 Å². The summed E-state index contributed by atoms with van der Waals surface area (Å²) in [5.74, 6) is -0.194. The first-order valence-corrected chi connectivity index (χ1v) is 7.41. The van der Waals surface area contributed by atoms with Crippen molar-refractivity contribution in [1.82, 2.24) is 0 Å².